The number of hydrogen-bond donors (Lipinski definition) is 2. The van der Waals surface area contributed by atoms with Gasteiger partial charge in [0.2, 0.25) is 0 Å². The molecular weight excluding hydrogens is 246 g/mol. The molecule has 0 aliphatic heterocycles. The van der Waals surface area contributed by atoms with Gasteiger partial charge in [-0.1, -0.05) is 18.2 Å². The molecule has 1 aromatic carbocycles. The zero-order valence-electron chi connectivity index (χ0n) is 13.4. The van der Waals surface area contributed by atoms with E-state index in [0.29, 0.717) is 0 Å². The molecule has 0 heterocycles. The van der Waals surface area contributed by atoms with Crippen LogP contribution < -0.4 is 5.32 Å². The van der Waals surface area contributed by atoms with Crippen molar-refractivity contribution in [3.8, 4) is 0 Å². The first-order chi connectivity index (χ1) is 9.25. The van der Waals surface area contributed by atoms with E-state index < -0.39 is 5.60 Å². The molecule has 2 N–H and O–H groups in total. The topological polar surface area (TPSA) is 32.3 Å². The first kappa shape index (κ1) is 15.5. The summed E-state index contributed by atoms with van der Waals surface area (Å²) in [5.41, 5.74) is 3.75. The minimum absolute atomic E-state index is 0.115. The number of hydrogen-bond acceptors (Lipinski definition) is 2. The van der Waals surface area contributed by atoms with Crippen molar-refractivity contribution in [3.05, 3.63) is 34.9 Å². The first-order valence-electron chi connectivity index (χ1n) is 7.83. The van der Waals surface area contributed by atoms with E-state index in [9.17, 15) is 5.11 Å². The molecule has 0 amide bonds. The second-order valence-corrected chi connectivity index (χ2v) is 7.56. The molecule has 0 fully saturated rings. The monoisotopic (exact) mass is 275 g/mol. The molecule has 1 unspecified atom stereocenters. The second kappa shape index (κ2) is 5.87. The van der Waals surface area contributed by atoms with Crippen molar-refractivity contribution in [1.29, 1.82) is 0 Å². The SMILES string of the molecule is CC(O)(CCNC(C)(C)C)Cc1ccc2c(c1)CCC2. The Morgan fingerprint density at radius 3 is 2.50 bits per heavy atom. The van der Waals surface area contributed by atoms with Gasteiger partial charge in [0.15, 0.2) is 0 Å². The average molecular weight is 275 g/mol. The number of nitrogens with one attached hydrogen (secondary N) is 1. The normalized spacial score (nSPS) is 17.9. The van der Waals surface area contributed by atoms with Gasteiger partial charge in [-0.25, -0.2) is 0 Å². The number of aryl methyl sites for hydroxylation is 2. The Kier molecular flexibility index (Phi) is 4.55. The van der Waals surface area contributed by atoms with Gasteiger partial charge in [0.05, 0.1) is 5.60 Å². The van der Waals surface area contributed by atoms with Crippen LogP contribution in [0.3, 0.4) is 0 Å². The van der Waals surface area contributed by atoms with Crippen molar-refractivity contribution in [2.75, 3.05) is 6.54 Å². The Bertz CT molecular complexity index is 457. The Morgan fingerprint density at radius 2 is 1.80 bits per heavy atom. The molecule has 0 aromatic heterocycles. The molecule has 0 saturated heterocycles. The zero-order chi connectivity index (χ0) is 14.8. The summed E-state index contributed by atoms with van der Waals surface area (Å²) in [6, 6.07) is 6.74. The van der Waals surface area contributed by atoms with Crippen LogP contribution in [0, 0.1) is 0 Å². The van der Waals surface area contributed by atoms with Gasteiger partial charge in [0, 0.05) is 12.0 Å². The summed E-state index contributed by atoms with van der Waals surface area (Å²) in [6.07, 6.45) is 5.23. The van der Waals surface area contributed by atoms with E-state index in [4.69, 9.17) is 0 Å². The Labute approximate surface area is 123 Å². The Hall–Kier alpha value is -0.860. The molecule has 1 aliphatic rings. The van der Waals surface area contributed by atoms with E-state index in [1.165, 1.54) is 36.0 Å². The van der Waals surface area contributed by atoms with E-state index in [-0.39, 0.29) is 5.54 Å². The quantitative estimate of drug-likeness (QED) is 0.864. The lowest BCUT2D eigenvalue weighted by atomic mass is 9.91. The molecule has 1 aromatic rings. The summed E-state index contributed by atoms with van der Waals surface area (Å²) in [6.45, 7) is 9.26. The highest BCUT2D eigenvalue weighted by atomic mass is 16.3. The fraction of sp³-hybridized carbons (Fsp3) is 0.667. The number of aliphatic hydroxyl groups is 1. The third-order valence-electron chi connectivity index (χ3n) is 4.07. The van der Waals surface area contributed by atoms with Crippen molar-refractivity contribution in [1.82, 2.24) is 5.32 Å². The van der Waals surface area contributed by atoms with Gasteiger partial charge in [-0.2, -0.15) is 0 Å². The maximum atomic E-state index is 10.6. The smallest absolute Gasteiger partial charge is 0.0672 e. The molecule has 0 radical (unpaired) electrons. The van der Waals surface area contributed by atoms with Gasteiger partial charge < -0.3 is 10.4 Å². The molecule has 1 aliphatic carbocycles. The fourth-order valence-electron chi connectivity index (χ4n) is 2.97. The summed E-state index contributed by atoms with van der Waals surface area (Å²) >= 11 is 0. The van der Waals surface area contributed by atoms with E-state index >= 15 is 0 Å². The number of fused-ring (bicyclic) bond motifs is 1. The molecule has 2 rings (SSSR count). The third-order valence-corrected chi connectivity index (χ3v) is 4.07. The van der Waals surface area contributed by atoms with Gasteiger partial charge in [-0.15, -0.1) is 0 Å². The lowest BCUT2D eigenvalue weighted by Crippen LogP contribution is -2.40. The van der Waals surface area contributed by atoms with Crippen molar-refractivity contribution < 1.29 is 5.11 Å². The van der Waals surface area contributed by atoms with Gasteiger partial charge in [0.1, 0.15) is 0 Å². The van der Waals surface area contributed by atoms with E-state index in [2.05, 4.69) is 44.3 Å². The average Bonchev–Trinajstić information content (AvgIpc) is 2.73. The second-order valence-electron chi connectivity index (χ2n) is 7.56. The maximum Gasteiger partial charge on any atom is 0.0672 e. The summed E-state index contributed by atoms with van der Waals surface area (Å²) in [5, 5.41) is 14.0. The van der Waals surface area contributed by atoms with E-state index in [1.807, 2.05) is 6.92 Å². The van der Waals surface area contributed by atoms with Gasteiger partial charge in [0.25, 0.3) is 0 Å². The molecule has 112 valence electrons. The van der Waals surface area contributed by atoms with Crippen LogP contribution in [0.5, 0.6) is 0 Å². The number of rotatable bonds is 5. The minimum Gasteiger partial charge on any atom is -0.390 e. The summed E-state index contributed by atoms with van der Waals surface area (Å²) in [4.78, 5) is 0. The predicted molar refractivity (Wildman–Crippen MR) is 85.2 cm³/mol. The van der Waals surface area contributed by atoms with Crippen molar-refractivity contribution in [3.63, 3.8) is 0 Å². The molecule has 2 nitrogen and oxygen atoms in total. The van der Waals surface area contributed by atoms with Crippen LogP contribution in [-0.2, 0) is 19.3 Å². The van der Waals surface area contributed by atoms with Crippen LogP contribution in [0.25, 0.3) is 0 Å². The minimum atomic E-state index is -0.634. The van der Waals surface area contributed by atoms with Crippen LogP contribution in [0.1, 0.15) is 57.2 Å². The van der Waals surface area contributed by atoms with E-state index in [1.54, 1.807) is 0 Å². The molecule has 20 heavy (non-hydrogen) atoms. The third kappa shape index (κ3) is 4.60. The van der Waals surface area contributed by atoms with Crippen molar-refractivity contribution in [2.24, 2.45) is 0 Å². The lowest BCUT2D eigenvalue weighted by molar-refractivity contribution is 0.0499. The molecule has 0 bridgehead atoms. The van der Waals surface area contributed by atoms with Crippen LogP contribution >= 0.6 is 0 Å². The van der Waals surface area contributed by atoms with Gasteiger partial charge in [-0.05, 0) is 76.6 Å². The van der Waals surface area contributed by atoms with Gasteiger partial charge >= 0.3 is 0 Å². The molecule has 1 atom stereocenters. The van der Waals surface area contributed by atoms with Crippen molar-refractivity contribution >= 4 is 0 Å². The van der Waals surface area contributed by atoms with Crippen LogP contribution in [0.4, 0.5) is 0 Å². The van der Waals surface area contributed by atoms with Crippen LogP contribution in [-0.4, -0.2) is 22.8 Å². The summed E-state index contributed by atoms with van der Waals surface area (Å²) in [5.74, 6) is 0. The summed E-state index contributed by atoms with van der Waals surface area (Å²) < 4.78 is 0. The number of benzene rings is 1. The summed E-state index contributed by atoms with van der Waals surface area (Å²) in [7, 11) is 0. The predicted octanol–water partition coefficient (Wildman–Crippen LogP) is 3.25. The Balaban J connectivity index is 1.91. The fourth-order valence-corrected chi connectivity index (χ4v) is 2.97. The molecular formula is C18H29NO. The molecule has 0 saturated carbocycles. The standard InChI is InChI=1S/C18H29NO/c1-17(2,3)19-11-10-18(4,20)13-14-8-9-15-6-5-7-16(15)12-14/h8-9,12,19-20H,5-7,10-11,13H2,1-4H3. The Morgan fingerprint density at radius 1 is 1.10 bits per heavy atom. The highest BCUT2D eigenvalue weighted by Crippen LogP contribution is 2.25. The van der Waals surface area contributed by atoms with E-state index in [0.717, 1.165) is 19.4 Å². The largest absolute Gasteiger partial charge is 0.390 e. The van der Waals surface area contributed by atoms with Gasteiger partial charge in [-0.3, -0.25) is 0 Å². The maximum absolute atomic E-state index is 10.6. The van der Waals surface area contributed by atoms with Crippen molar-refractivity contribution in [2.45, 2.75) is 70.9 Å². The highest BCUT2D eigenvalue weighted by molar-refractivity contribution is 5.35. The molecule has 2 heteroatoms. The van der Waals surface area contributed by atoms with Crippen LogP contribution in [0.15, 0.2) is 18.2 Å². The zero-order valence-corrected chi connectivity index (χ0v) is 13.4. The highest BCUT2D eigenvalue weighted by Gasteiger charge is 2.22. The lowest BCUT2D eigenvalue weighted by Gasteiger charge is -2.27. The molecule has 0 spiro atoms. The first-order valence-corrected chi connectivity index (χ1v) is 7.83. The van der Waals surface area contributed by atoms with Crippen LogP contribution in [0.2, 0.25) is 0 Å².